The van der Waals surface area contributed by atoms with Gasteiger partial charge in [0.25, 0.3) is 5.91 Å². The van der Waals surface area contributed by atoms with Crippen molar-refractivity contribution in [3.63, 3.8) is 0 Å². The SMILES string of the molecule is O=C1CCCN1Cc1cccc(C(=O)N2CCCC(c3nccnc3Oc3ccccc3F)C2)c1. The highest BCUT2D eigenvalue weighted by Gasteiger charge is 2.29. The van der Waals surface area contributed by atoms with Crippen molar-refractivity contribution in [3.05, 3.63) is 83.6 Å². The molecule has 0 saturated carbocycles. The van der Waals surface area contributed by atoms with Gasteiger partial charge in [-0.05, 0) is 49.1 Å². The van der Waals surface area contributed by atoms with Crippen LogP contribution in [0.1, 0.15) is 53.2 Å². The van der Waals surface area contributed by atoms with Crippen molar-refractivity contribution in [2.24, 2.45) is 0 Å². The van der Waals surface area contributed by atoms with Gasteiger partial charge in [-0.25, -0.2) is 9.37 Å². The summed E-state index contributed by atoms with van der Waals surface area (Å²) in [6.07, 6.45) is 6.23. The van der Waals surface area contributed by atoms with Gasteiger partial charge in [-0.3, -0.25) is 14.6 Å². The van der Waals surface area contributed by atoms with Gasteiger partial charge in [0.2, 0.25) is 11.8 Å². The topological polar surface area (TPSA) is 75.6 Å². The van der Waals surface area contributed by atoms with Crippen molar-refractivity contribution in [3.8, 4) is 11.6 Å². The molecule has 1 unspecified atom stereocenters. The number of ether oxygens (including phenoxy) is 1. The number of nitrogens with zero attached hydrogens (tertiary/aromatic N) is 4. The van der Waals surface area contributed by atoms with Gasteiger partial charge in [-0.1, -0.05) is 24.3 Å². The first-order chi connectivity index (χ1) is 17.1. The maximum absolute atomic E-state index is 14.1. The van der Waals surface area contributed by atoms with Crippen molar-refractivity contribution in [2.75, 3.05) is 19.6 Å². The molecule has 2 fully saturated rings. The van der Waals surface area contributed by atoms with Crippen LogP contribution in [-0.4, -0.2) is 51.2 Å². The van der Waals surface area contributed by atoms with Crippen molar-refractivity contribution in [1.29, 1.82) is 0 Å². The van der Waals surface area contributed by atoms with E-state index in [0.717, 1.165) is 31.4 Å². The van der Waals surface area contributed by atoms with Gasteiger partial charge in [0.05, 0.1) is 0 Å². The fourth-order valence-electron chi connectivity index (χ4n) is 4.79. The first-order valence-corrected chi connectivity index (χ1v) is 12.0. The summed E-state index contributed by atoms with van der Waals surface area (Å²) in [5.74, 6) is -0.0863. The van der Waals surface area contributed by atoms with Crippen LogP contribution in [-0.2, 0) is 11.3 Å². The highest BCUT2D eigenvalue weighted by atomic mass is 19.1. The minimum Gasteiger partial charge on any atom is -0.434 e. The third kappa shape index (κ3) is 5.16. The minimum absolute atomic E-state index is 0.0511. The van der Waals surface area contributed by atoms with E-state index in [4.69, 9.17) is 4.74 Å². The monoisotopic (exact) mass is 474 g/mol. The number of aromatic nitrogens is 2. The number of hydrogen-bond donors (Lipinski definition) is 0. The molecule has 0 spiro atoms. The summed E-state index contributed by atoms with van der Waals surface area (Å²) in [5, 5.41) is 0. The molecule has 5 rings (SSSR count). The molecule has 7 nitrogen and oxygen atoms in total. The molecule has 35 heavy (non-hydrogen) atoms. The van der Waals surface area contributed by atoms with Crippen molar-refractivity contribution in [2.45, 2.75) is 38.1 Å². The summed E-state index contributed by atoms with van der Waals surface area (Å²) in [7, 11) is 0. The molecule has 0 N–H and O–H groups in total. The lowest BCUT2D eigenvalue weighted by Crippen LogP contribution is -2.39. The lowest BCUT2D eigenvalue weighted by Gasteiger charge is -2.33. The zero-order chi connectivity index (χ0) is 24.2. The van der Waals surface area contributed by atoms with Crippen LogP contribution in [0.2, 0.25) is 0 Å². The molecule has 1 aromatic heterocycles. The zero-order valence-electron chi connectivity index (χ0n) is 19.4. The average molecular weight is 475 g/mol. The molecule has 2 aromatic carbocycles. The molecule has 0 bridgehead atoms. The highest BCUT2D eigenvalue weighted by Crippen LogP contribution is 2.33. The van der Waals surface area contributed by atoms with Crippen LogP contribution >= 0.6 is 0 Å². The van der Waals surface area contributed by atoms with Gasteiger partial charge in [-0.15, -0.1) is 0 Å². The Morgan fingerprint density at radius 3 is 2.74 bits per heavy atom. The second kappa shape index (κ2) is 10.2. The predicted molar refractivity (Wildman–Crippen MR) is 127 cm³/mol. The Labute approximate surface area is 203 Å². The fraction of sp³-hybridized carbons (Fsp3) is 0.333. The molecule has 180 valence electrons. The van der Waals surface area contributed by atoms with E-state index in [1.54, 1.807) is 24.4 Å². The lowest BCUT2D eigenvalue weighted by molar-refractivity contribution is -0.128. The van der Waals surface area contributed by atoms with E-state index in [0.29, 0.717) is 37.3 Å². The Balaban J connectivity index is 1.31. The molecule has 2 amide bonds. The summed E-state index contributed by atoms with van der Waals surface area (Å²) in [6, 6.07) is 13.7. The Bertz CT molecular complexity index is 1230. The maximum atomic E-state index is 14.1. The zero-order valence-corrected chi connectivity index (χ0v) is 19.4. The maximum Gasteiger partial charge on any atom is 0.253 e. The molecular formula is C27H27FN4O3. The molecule has 1 atom stereocenters. The van der Waals surface area contributed by atoms with Gasteiger partial charge in [0.1, 0.15) is 5.69 Å². The van der Waals surface area contributed by atoms with Gasteiger partial charge in [0.15, 0.2) is 11.6 Å². The van der Waals surface area contributed by atoms with E-state index < -0.39 is 5.82 Å². The lowest BCUT2D eigenvalue weighted by atomic mass is 9.94. The Hall–Kier alpha value is -3.81. The van der Waals surface area contributed by atoms with Crippen LogP contribution in [0.25, 0.3) is 0 Å². The molecule has 2 aliphatic rings. The number of amides is 2. The van der Waals surface area contributed by atoms with E-state index in [1.165, 1.54) is 12.3 Å². The average Bonchev–Trinajstić information content (AvgIpc) is 3.29. The first kappa shape index (κ1) is 23.0. The summed E-state index contributed by atoms with van der Waals surface area (Å²) < 4.78 is 19.9. The molecule has 2 aliphatic heterocycles. The Morgan fingerprint density at radius 1 is 1.06 bits per heavy atom. The van der Waals surface area contributed by atoms with Gasteiger partial charge in [-0.2, -0.15) is 0 Å². The molecule has 0 radical (unpaired) electrons. The summed E-state index contributed by atoms with van der Waals surface area (Å²) >= 11 is 0. The minimum atomic E-state index is -0.472. The Kier molecular flexibility index (Phi) is 6.70. The standard InChI is InChI=1S/C27H27FN4O3/c28-22-9-1-2-10-23(22)35-26-25(29-12-13-30-26)21-8-4-15-32(18-21)27(34)20-7-3-6-19(16-20)17-31-14-5-11-24(31)33/h1-3,6-7,9-10,12-13,16,21H,4-5,8,11,14-15,17-18H2. The normalized spacial score (nSPS) is 18.1. The van der Waals surface area contributed by atoms with Crippen LogP contribution in [0, 0.1) is 5.82 Å². The third-order valence-electron chi connectivity index (χ3n) is 6.55. The number of likely N-dealkylation sites (tertiary alicyclic amines) is 2. The number of hydrogen-bond acceptors (Lipinski definition) is 5. The van der Waals surface area contributed by atoms with E-state index in [1.807, 2.05) is 34.1 Å². The number of para-hydroxylation sites is 1. The Morgan fingerprint density at radius 2 is 1.91 bits per heavy atom. The van der Waals surface area contributed by atoms with Crippen LogP contribution < -0.4 is 4.74 Å². The quantitative estimate of drug-likeness (QED) is 0.524. The summed E-state index contributed by atoms with van der Waals surface area (Å²) in [4.78, 5) is 37.8. The van der Waals surface area contributed by atoms with E-state index >= 15 is 0 Å². The second-order valence-electron chi connectivity index (χ2n) is 8.99. The molecule has 3 aromatic rings. The predicted octanol–water partition coefficient (Wildman–Crippen LogP) is 4.55. The summed E-state index contributed by atoms with van der Waals surface area (Å²) in [6.45, 7) is 2.41. The second-order valence-corrected chi connectivity index (χ2v) is 8.99. The van der Waals surface area contributed by atoms with Crippen LogP contribution in [0.5, 0.6) is 11.6 Å². The van der Waals surface area contributed by atoms with Crippen molar-refractivity contribution in [1.82, 2.24) is 19.8 Å². The van der Waals surface area contributed by atoms with Crippen molar-refractivity contribution < 1.29 is 18.7 Å². The molecular weight excluding hydrogens is 447 g/mol. The number of halogens is 1. The number of benzene rings is 2. The van der Waals surface area contributed by atoms with Gasteiger partial charge < -0.3 is 14.5 Å². The molecule has 2 saturated heterocycles. The van der Waals surface area contributed by atoms with Crippen LogP contribution in [0.15, 0.2) is 60.9 Å². The largest absolute Gasteiger partial charge is 0.434 e. The van der Waals surface area contributed by atoms with Crippen LogP contribution in [0.3, 0.4) is 0 Å². The summed E-state index contributed by atoms with van der Waals surface area (Å²) in [5.41, 5.74) is 2.18. The van der Waals surface area contributed by atoms with E-state index in [-0.39, 0.29) is 29.4 Å². The van der Waals surface area contributed by atoms with E-state index in [9.17, 15) is 14.0 Å². The molecule has 3 heterocycles. The number of rotatable bonds is 6. The van der Waals surface area contributed by atoms with Gasteiger partial charge in [0, 0.05) is 56.5 Å². The smallest absolute Gasteiger partial charge is 0.253 e. The highest BCUT2D eigenvalue weighted by molar-refractivity contribution is 5.94. The van der Waals surface area contributed by atoms with Crippen LogP contribution in [0.4, 0.5) is 4.39 Å². The first-order valence-electron chi connectivity index (χ1n) is 12.0. The number of carbonyl (C=O) groups excluding carboxylic acids is 2. The van der Waals surface area contributed by atoms with Gasteiger partial charge >= 0.3 is 0 Å². The third-order valence-corrected chi connectivity index (χ3v) is 6.55. The molecule has 8 heteroatoms. The number of carbonyl (C=O) groups is 2. The van der Waals surface area contributed by atoms with Crippen molar-refractivity contribution >= 4 is 11.8 Å². The molecule has 0 aliphatic carbocycles. The van der Waals surface area contributed by atoms with E-state index in [2.05, 4.69) is 9.97 Å². The fourth-order valence-corrected chi connectivity index (χ4v) is 4.79. The number of piperidine rings is 1.